The van der Waals surface area contributed by atoms with Gasteiger partial charge < -0.3 is 20.5 Å². The number of nitrogens with one attached hydrogen (secondary N) is 2. The summed E-state index contributed by atoms with van der Waals surface area (Å²) in [7, 11) is 0. The molecule has 2 aromatic carbocycles. The lowest BCUT2D eigenvalue weighted by molar-refractivity contribution is -0.227. The lowest BCUT2D eigenvalue weighted by atomic mass is 9.65. The number of thiazole rings is 2. The number of carbonyl (C=O) groups excluding carboxylic acids is 2. The second kappa shape index (κ2) is 12.0. The van der Waals surface area contributed by atoms with Gasteiger partial charge in [0.15, 0.2) is 16.0 Å². The maximum atomic E-state index is 12.4. The highest BCUT2D eigenvalue weighted by Crippen LogP contribution is 2.54. The Morgan fingerprint density at radius 3 is 1.93 bits per heavy atom. The summed E-state index contributed by atoms with van der Waals surface area (Å²) < 4.78 is 14.2. The number of para-hydroxylation sites is 2. The van der Waals surface area contributed by atoms with E-state index in [-0.39, 0.29) is 6.03 Å². The number of nitrogen functional groups attached to an aromatic ring is 1. The summed E-state index contributed by atoms with van der Waals surface area (Å²) in [5, 5.41) is 7.27. The molecule has 6 heterocycles. The molecule has 8 bridgehead atoms. The number of nitrogens with zero attached hydrogens (tertiary/aromatic N) is 3. The Morgan fingerprint density at radius 1 is 0.804 bits per heavy atom. The molecule has 2 amide bonds. The van der Waals surface area contributed by atoms with Gasteiger partial charge in [-0.3, -0.25) is 5.32 Å². The molecule has 4 aliphatic carbocycles. The zero-order chi connectivity index (χ0) is 31.3. The van der Waals surface area contributed by atoms with Crippen molar-refractivity contribution in [3.8, 4) is 0 Å². The van der Waals surface area contributed by atoms with Crippen molar-refractivity contribution >= 4 is 65.5 Å². The van der Waals surface area contributed by atoms with Crippen LogP contribution < -0.4 is 16.4 Å². The average molecular weight is 659 g/mol. The quantitative estimate of drug-likeness (QED) is 0.156. The molecule has 0 radical (unpaired) electrons. The van der Waals surface area contributed by atoms with Gasteiger partial charge in [-0.1, -0.05) is 46.9 Å². The Labute approximate surface area is 275 Å². The molecular weight excluding hydrogens is 621 g/mol. The lowest BCUT2D eigenvalue weighted by Gasteiger charge is -2.56. The van der Waals surface area contributed by atoms with Gasteiger partial charge in [-0.05, 0) is 99.3 Å². The molecule has 4 aliphatic heterocycles. The van der Waals surface area contributed by atoms with Crippen LogP contribution in [0.5, 0.6) is 0 Å². The van der Waals surface area contributed by atoms with E-state index in [9.17, 15) is 9.59 Å². The molecule has 8 fully saturated rings. The number of benzene rings is 2. The van der Waals surface area contributed by atoms with Crippen LogP contribution in [0.4, 0.5) is 15.1 Å². The van der Waals surface area contributed by atoms with Gasteiger partial charge in [0.1, 0.15) is 5.72 Å². The van der Waals surface area contributed by atoms with Crippen LogP contribution >= 0.6 is 22.7 Å². The third-order valence-electron chi connectivity index (χ3n) is 10.4. The molecule has 4 N–H and O–H groups in total. The highest BCUT2D eigenvalue weighted by molar-refractivity contribution is 7.22. The van der Waals surface area contributed by atoms with E-state index < -0.39 is 11.4 Å². The number of rotatable bonds is 3. The Kier molecular flexibility index (Phi) is 7.81. The first kappa shape index (κ1) is 30.0. The van der Waals surface area contributed by atoms with Crippen molar-refractivity contribution in [1.82, 2.24) is 15.3 Å². The number of anilines is 2. The van der Waals surface area contributed by atoms with Gasteiger partial charge in [0.25, 0.3) is 0 Å². The standard InChI is InChI=1S/C17H19N3O2S.C10H13NO2.C7H6N2S/c21-15(19-16-18-13-3-1-2-4-14(13)23-16)20-17-8-10-5-11(9-17)7-12(6-10)22-17;12-6-11-10-4-7-1-8(5-10)3-9(2-7)13-10;8-7-9-5-3-1-2-4-6(5)10-7/h1-4,10-12H,5-9H2,(H2,18,19,20,21);7-9H,1-5H2;1-4H,(H2,8,9). The van der Waals surface area contributed by atoms with Crippen molar-refractivity contribution in [3.05, 3.63) is 48.5 Å². The largest absolute Gasteiger partial charge is 0.375 e. The highest BCUT2D eigenvalue weighted by atomic mass is 32.1. The van der Waals surface area contributed by atoms with Crippen molar-refractivity contribution in [3.63, 3.8) is 0 Å². The molecule has 0 spiro atoms. The Balaban J connectivity index is 0.000000114. The molecule has 46 heavy (non-hydrogen) atoms. The van der Waals surface area contributed by atoms with E-state index >= 15 is 0 Å². The monoisotopic (exact) mass is 658 g/mol. The molecule has 4 saturated carbocycles. The minimum atomic E-state index is -0.449. The molecule has 4 saturated heterocycles. The molecular formula is C34H38N6O4S2. The molecule has 10 nitrogen and oxygen atoms in total. The van der Waals surface area contributed by atoms with Gasteiger partial charge in [0.05, 0.1) is 32.6 Å². The first-order chi connectivity index (χ1) is 22.3. The van der Waals surface area contributed by atoms with Crippen LogP contribution in [0, 0.1) is 23.7 Å². The Bertz CT molecular complexity index is 1660. The molecule has 12 heteroatoms. The zero-order valence-corrected chi connectivity index (χ0v) is 27.2. The number of hydrogen-bond acceptors (Lipinski definition) is 10. The molecule has 240 valence electrons. The summed E-state index contributed by atoms with van der Waals surface area (Å²) >= 11 is 3.01. The maximum absolute atomic E-state index is 12.4. The van der Waals surface area contributed by atoms with Gasteiger partial charge >= 0.3 is 6.03 Å². The fourth-order valence-corrected chi connectivity index (χ4v) is 10.8. The normalized spacial score (nSPS) is 34.3. The smallest absolute Gasteiger partial charge is 0.323 e. The predicted octanol–water partition coefficient (Wildman–Crippen LogP) is 7.23. The molecule has 2 aromatic heterocycles. The van der Waals surface area contributed by atoms with Crippen LogP contribution in [-0.2, 0) is 14.3 Å². The number of amides is 2. The lowest BCUT2D eigenvalue weighted by Crippen LogP contribution is -2.63. The first-order valence-electron chi connectivity index (χ1n) is 16.3. The van der Waals surface area contributed by atoms with Crippen LogP contribution in [0.15, 0.2) is 53.5 Å². The van der Waals surface area contributed by atoms with Crippen LogP contribution in [0.1, 0.15) is 64.2 Å². The third kappa shape index (κ3) is 6.16. The maximum Gasteiger partial charge on any atom is 0.323 e. The van der Waals surface area contributed by atoms with Crippen molar-refractivity contribution < 1.29 is 19.1 Å². The Morgan fingerprint density at radius 2 is 1.37 bits per heavy atom. The zero-order valence-electron chi connectivity index (χ0n) is 25.5. The van der Waals surface area contributed by atoms with Gasteiger partial charge in [-0.15, -0.1) is 0 Å². The topological polar surface area (TPSA) is 141 Å². The number of aliphatic imine (C=N–C) groups is 1. The number of hydrogen-bond donors (Lipinski definition) is 3. The average Bonchev–Trinajstić information content (AvgIpc) is 3.57. The number of nitrogens with two attached hydrogens (primary N) is 1. The number of isocyanates is 1. The van der Waals surface area contributed by atoms with Crippen molar-refractivity contribution in [2.75, 3.05) is 11.1 Å². The SMILES string of the molecule is Nc1nc2ccccc2s1.O=C(Nc1nc2ccccc2s1)NC12CC3CC(CC(C3)O1)C2.O=C=NC12CC3CC(CC(C3)O1)C2. The van der Waals surface area contributed by atoms with E-state index in [2.05, 4.69) is 25.6 Å². The van der Waals surface area contributed by atoms with E-state index in [1.807, 2.05) is 48.5 Å². The second-order valence-electron chi connectivity index (χ2n) is 13.9. The molecule has 12 rings (SSSR count). The predicted molar refractivity (Wildman–Crippen MR) is 179 cm³/mol. The third-order valence-corrected chi connectivity index (χ3v) is 12.2. The fraction of sp³-hybridized carbons (Fsp3) is 0.529. The van der Waals surface area contributed by atoms with Crippen LogP contribution in [0.3, 0.4) is 0 Å². The Hall–Kier alpha value is -3.41. The van der Waals surface area contributed by atoms with Crippen LogP contribution in [0.25, 0.3) is 20.4 Å². The summed E-state index contributed by atoms with van der Waals surface area (Å²) in [5.41, 5.74) is 6.51. The molecule has 8 aliphatic rings. The van der Waals surface area contributed by atoms with Crippen molar-refractivity contribution in [2.24, 2.45) is 28.7 Å². The second-order valence-corrected chi connectivity index (χ2v) is 16.0. The van der Waals surface area contributed by atoms with Crippen LogP contribution in [-0.4, -0.2) is 45.7 Å². The van der Waals surface area contributed by atoms with Gasteiger partial charge in [0.2, 0.25) is 6.08 Å². The number of aromatic nitrogens is 2. The number of urea groups is 1. The first-order valence-corrected chi connectivity index (χ1v) is 18.0. The van der Waals surface area contributed by atoms with Crippen molar-refractivity contribution in [1.29, 1.82) is 0 Å². The van der Waals surface area contributed by atoms with Gasteiger partial charge in [-0.2, -0.15) is 4.99 Å². The summed E-state index contributed by atoms with van der Waals surface area (Å²) in [6, 6.07) is 15.6. The van der Waals surface area contributed by atoms with Gasteiger partial charge in [-0.25, -0.2) is 19.6 Å². The number of fused-ring (bicyclic) bond motifs is 2. The molecule has 4 atom stereocenters. The summed E-state index contributed by atoms with van der Waals surface area (Å²) in [5.74, 6) is 2.93. The van der Waals surface area contributed by atoms with Crippen molar-refractivity contribution in [2.45, 2.75) is 87.9 Å². The fourth-order valence-electron chi connectivity index (χ4n) is 9.17. The minimum absolute atomic E-state index is 0.203. The number of ether oxygens (including phenoxy) is 2. The summed E-state index contributed by atoms with van der Waals surface area (Å²) in [6.07, 6.45) is 13.5. The molecule has 4 aromatic rings. The summed E-state index contributed by atoms with van der Waals surface area (Å²) in [6.45, 7) is 0. The summed E-state index contributed by atoms with van der Waals surface area (Å²) in [4.78, 5) is 35.2. The molecule has 4 unspecified atom stereocenters. The van der Waals surface area contributed by atoms with E-state index in [1.54, 1.807) is 6.08 Å². The highest BCUT2D eigenvalue weighted by Gasteiger charge is 2.53. The van der Waals surface area contributed by atoms with E-state index in [0.717, 1.165) is 58.0 Å². The van der Waals surface area contributed by atoms with E-state index in [4.69, 9.17) is 15.2 Å². The van der Waals surface area contributed by atoms with E-state index in [1.165, 1.54) is 61.2 Å². The number of carbonyl (C=O) groups is 1. The van der Waals surface area contributed by atoms with Gasteiger partial charge in [0, 0.05) is 12.8 Å². The minimum Gasteiger partial charge on any atom is -0.375 e. The van der Waals surface area contributed by atoms with Crippen LogP contribution in [0.2, 0.25) is 0 Å². The van der Waals surface area contributed by atoms with E-state index in [0.29, 0.717) is 34.3 Å².